The molecule has 1 aromatic carbocycles. The molecule has 1 aromatic rings. The fraction of sp³-hybridized carbons (Fsp3) is 0.375. The molecule has 0 radical (unpaired) electrons. The SMILES string of the molecule is CC(=O)c1ccc(N/C=C2\CCCCCC2=O)cc1. The molecule has 0 aromatic heterocycles. The summed E-state index contributed by atoms with van der Waals surface area (Å²) >= 11 is 0. The predicted molar refractivity (Wildman–Crippen MR) is 76.2 cm³/mol. The molecule has 1 fully saturated rings. The molecule has 0 atom stereocenters. The largest absolute Gasteiger partial charge is 0.361 e. The molecule has 1 N–H and O–H groups in total. The standard InChI is InChI=1S/C16H19NO2/c1-12(18)13-7-9-15(10-8-13)17-11-14-5-3-2-4-6-16(14)19/h7-11,17H,2-6H2,1H3/b14-11+. The van der Waals surface area contributed by atoms with Crippen LogP contribution >= 0.6 is 0 Å². The Bertz CT molecular complexity index is 500. The van der Waals surface area contributed by atoms with Gasteiger partial charge in [0, 0.05) is 29.4 Å². The van der Waals surface area contributed by atoms with E-state index in [4.69, 9.17) is 0 Å². The highest BCUT2D eigenvalue weighted by Crippen LogP contribution is 2.19. The summed E-state index contributed by atoms with van der Waals surface area (Å²) in [5, 5.41) is 3.14. The van der Waals surface area contributed by atoms with Crippen LogP contribution < -0.4 is 5.32 Å². The zero-order chi connectivity index (χ0) is 13.7. The summed E-state index contributed by atoms with van der Waals surface area (Å²) in [7, 11) is 0. The predicted octanol–water partition coefficient (Wildman–Crippen LogP) is 3.72. The summed E-state index contributed by atoms with van der Waals surface area (Å²) in [6.07, 6.45) is 6.56. The molecule has 0 aliphatic heterocycles. The molecule has 1 aliphatic carbocycles. The van der Waals surface area contributed by atoms with Gasteiger partial charge in [0.05, 0.1) is 0 Å². The Balaban J connectivity index is 2.04. The molecule has 2 rings (SSSR count). The van der Waals surface area contributed by atoms with Crippen LogP contribution in [0.2, 0.25) is 0 Å². The van der Waals surface area contributed by atoms with Gasteiger partial charge in [-0.2, -0.15) is 0 Å². The van der Waals surface area contributed by atoms with Crippen molar-refractivity contribution >= 4 is 17.3 Å². The van der Waals surface area contributed by atoms with E-state index in [2.05, 4.69) is 5.32 Å². The number of rotatable bonds is 3. The molecule has 1 aliphatic rings. The number of ketones is 2. The second kappa shape index (κ2) is 6.32. The van der Waals surface area contributed by atoms with Gasteiger partial charge in [0.25, 0.3) is 0 Å². The Morgan fingerprint density at radius 3 is 2.47 bits per heavy atom. The summed E-state index contributed by atoms with van der Waals surface area (Å²) in [6, 6.07) is 7.29. The van der Waals surface area contributed by atoms with Crippen molar-refractivity contribution in [3.05, 3.63) is 41.6 Å². The highest BCUT2D eigenvalue weighted by molar-refractivity contribution is 5.96. The van der Waals surface area contributed by atoms with Crippen molar-refractivity contribution < 1.29 is 9.59 Å². The van der Waals surface area contributed by atoms with E-state index in [1.165, 1.54) is 0 Å². The van der Waals surface area contributed by atoms with Crippen molar-refractivity contribution in [1.29, 1.82) is 0 Å². The van der Waals surface area contributed by atoms with E-state index in [1.54, 1.807) is 19.1 Å². The van der Waals surface area contributed by atoms with Gasteiger partial charge >= 0.3 is 0 Å². The van der Waals surface area contributed by atoms with Gasteiger partial charge < -0.3 is 5.32 Å². The highest BCUT2D eigenvalue weighted by atomic mass is 16.1. The number of anilines is 1. The number of benzene rings is 1. The second-order valence-electron chi connectivity index (χ2n) is 4.93. The smallest absolute Gasteiger partial charge is 0.160 e. The minimum atomic E-state index is 0.0591. The number of hydrogen-bond acceptors (Lipinski definition) is 3. The first-order valence-corrected chi connectivity index (χ1v) is 6.76. The molecule has 1 saturated carbocycles. The van der Waals surface area contributed by atoms with E-state index in [1.807, 2.05) is 18.3 Å². The van der Waals surface area contributed by atoms with Crippen LogP contribution in [0.3, 0.4) is 0 Å². The van der Waals surface area contributed by atoms with E-state index in [9.17, 15) is 9.59 Å². The van der Waals surface area contributed by atoms with E-state index >= 15 is 0 Å². The maximum Gasteiger partial charge on any atom is 0.160 e. The van der Waals surface area contributed by atoms with Gasteiger partial charge in [0.2, 0.25) is 0 Å². The van der Waals surface area contributed by atoms with Gasteiger partial charge in [-0.3, -0.25) is 9.59 Å². The lowest BCUT2D eigenvalue weighted by Crippen LogP contribution is -2.02. The normalized spacial score (nSPS) is 18.2. The van der Waals surface area contributed by atoms with Crippen LogP contribution in [-0.4, -0.2) is 11.6 Å². The van der Waals surface area contributed by atoms with Crippen molar-refractivity contribution in [2.75, 3.05) is 5.32 Å². The number of carbonyl (C=O) groups is 2. The average Bonchev–Trinajstić information content (AvgIpc) is 2.61. The lowest BCUT2D eigenvalue weighted by atomic mass is 10.1. The molecule has 3 heteroatoms. The van der Waals surface area contributed by atoms with E-state index < -0.39 is 0 Å². The van der Waals surface area contributed by atoms with Gasteiger partial charge in [0.1, 0.15) is 0 Å². The van der Waals surface area contributed by atoms with Gasteiger partial charge in [-0.15, -0.1) is 0 Å². The van der Waals surface area contributed by atoms with Crippen LogP contribution in [-0.2, 0) is 4.79 Å². The third-order valence-electron chi connectivity index (χ3n) is 3.41. The lowest BCUT2D eigenvalue weighted by molar-refractivity contribution is -0.115. The molecular weight excluding hydrogens is 238 g/mol. The Labute approximate surface area is 113 Å². The quantitative estimate of drug-likeness (QED) is 0.510. The molecule has 3 nitrogen and oxygen atoms in total. The van der Waals surface area contributed by atoms with Crippen LogP contribution in [0.4, 0.5) is 5.69 Å². The summed E-state index contributed by atoms with van der Waals surface area (Å²) in [4.78, 5) is 23.0. The van der Waals surface area contributed by atoms with Gasteiger partial charge in [-0.1, -0.05) is 6.42 Å². The fourth-order valence-corrected chi connectivity index (χ4v) is 2.20. The molecule has 0 amide bonds. The van der Waals surface area contributed by atoms with Crippen molar-refractivity contribution in [1.82, 2.24) is 0 Å². The fourth-order valence-electron chi connectivity index (χ4n) is 2.20. The van der Waals surface area contributed by atoms with E-state index in [0.29, 0.717) is 12.0 Å². The van der Waals surface area contributed by atoms with Crippen molar-refractivity contribution in [2.24, 2.45) is 0 Å². The van der Waals surface area contributed by atoms with Crippen LogP contribution in [0.1, 0.15) is 49.4 Å². The van der Waals surface area contributed by atoms with Crippen molar-refractivity contribution in [3.63, 3.8) is 0 Å². The molecule has 0 unspecified atom stereocenters. The monoisotopic (exact) mass is 257 g/mol. The van der Waals surface area contributed by atoms with Crippen LogP contribution in [0, 0.1) is 0 Å². The minimum Gasteiger partial charge on any atom is -0.361 e. The summed E-state index contributed by atoms with van der Waals surface area (Å²) in [5.74, 6) is 0.314. The van der Waals surface area contributed by atoms with E-state index in [-0.39, 0.29) is 11.6 Å². The number of carbonyl (C=O) groups excluding carboxylic acids is 2. The lowest BCUT2D eigenvalue weighted by Gasteiger charge is -2.05. The molecule has 19 heavy (non-hydrogen) atoms. The van der Waals surface area contributed by atoms with Crippen LogP contribution in [0.15, 0.2) is 36.0 Å². The number of allylic oxidation sites excluding steroid dienone is 1. The molecule has 0 heterocycles. The maximum atomic E-state index is 11.8. The molecule has 0 bridgehead atoms. The van der Waals surface area contributed by atoms with Crippen molar-refractivity contribution in [2.45, 2.75) is 39.0 Å². The van der Waals surface area contributed by atoms with Crippen LogP contribution in [0.5, 0.6) is 0 Å². The number of Topliss-reactive ketones (excluding diaryl/α,β-unsaturated/α-hetero) is 2. The zero-order valence-corrected chi connectivity index (χ0v) is 11.2. The summed E-state index contributed by atoms with van der Waals surface area (Å²) in [5.41, 5.74) is 2.48. The molecule has 100 valence electrons. The van der Waals surface area contributed by atoms with Crippen molar-refractivity contribution in [3.8, 4) is 0 Å². The Kier molecular flexibility index (Phi) is 4.50. The minimum absolute atomic E-state index is 0.0591. The maximum absolute atomic E-state index is 11.8. The Hall–Kier alpha value is -1.90. The topological polar surface area (TPSA) is 46.2 Å². The first-order valence-electron chi connectivity index (χ1n) is 6.76. The summed E-state index contributed by atoms with van der Waals surface area (Å²) < 4.78 is 0. The molecule has 0 saturated heterocycles. The third kappa shape index (κ3) is 3.78. The zero-order valence-electron chi connectivity index (χ0n) is 11.2. The van der Waals surface area contributed by atoms with Gasteiger partial charge in [-0.05, 0) is 50.5 Å². The van der Waals surface area contributed by atoms with Gasteiger partial charge in [-0.25, -0.2) is 0 Å². The third-order valence-corrected chi connectivity index (χ3v) is 3.41. The Morgan fingerprint density at radius 2 is 1.79 bits per heavy atom. The van der Waals surface area contributed by atoms with E-state index in [0.717, 1.165) is 36.9 Å². The van der Waals surface area contributed by atoms with Gasteiger partial charge in [0.15, 0.2) is 11.6 Å². The number of nitrogens with one attached hydrogen (secondary N) is 1. The molecule has 0 spiro atoms. The first-order chi connectivity index (χ1) is 9.16. The Morgan fingerprint density at radius 1 is 1.11 bits per heavy atom. The first kappa shape index (κ1) is 13.5. The number of hydrogen-bond donors (Lipinski definition) is 1. The average molecular weight is 257 g/mol. The highest BCUT2D eigenvalue weighted by Gasteiger charge is 2.12. The summed E-state index contributed by atoms with van der Waals surface area (Å²) in [6.45, 7) is 1.55. The second-order valence-corrected chi connectivity index (χ2v) is 4.93. The molecular formula is C16H19NO2. The van der Waals surface area contributed by atoms with Crippen LogP contribution in [0.25, 0.3) is 0 Å².